The van der Waals surface area contributed by atoms with Gasteiger partial charge in [0.2, 0.25) is 5.91 Å². The Balaban J connectivity index is 2.19. The number of nitrogens with two attached hydrogens (primary N) is 1. The molecule has 0 bridgehead atoms. The fourth-order valence-corrected chi connectivity index (χ4v) is 3.23. The largest absolute Gasteiger partial charge is 0.465 e. The number of ether oxygens (including phenoxy) is 3. The molecule has 0 spiro atoms. The number of amidine groups is 1. The molecule has 0 fully saturated rings. The Morgan fingerprint density at radius 1 is 1.05 bits per heavy atom. The molecule has 0 heterocycles. The highest BCUT2D eigenvalue weighted by molar-refractivity contribution is 6.01. The smallest absolute Gasteiger partial charge is 0.343 e. The van der Waals surface area contributed by atoms with Gasteiger partial charge in [0.1, 0.15) is 23.7 Å². The van der Waals surface area contributed by atoms with Crippen molar-refractivity contribution in [1.82, 2.24) is 4.90 Å². The zero-order valence-electron chi connectivity index (χ0n) is 20.9. The van der Waals surface area contributed by atoms with Crippen LogP contribution in [0.3, 0.4) is 0 Å². The highest BCUT2D eigenvalue weighted by Crippen LogP contribution is 2.23. The van der Waals surface area contributed by atoms with E-state index in [2.05, 4.69) is 6.58 Å². The second kappa shape index (κ2) is 13.4. The molecule has 0 aliphatic heterocycles. The van der Waals surface area contributed by atoms with Crippen LogP contribution in [-0.2, 0) is 19.1 Å². The van der Waals surface area contributed by atoms with Crippen molar-refractivity contribution in [3.05, 3.63) is 82.9 Å². The molecule has 0 atom stereocenters. The number of nitrogen functional groups attached to an aromatic ring is 1. The predicted octanol–water partition coefficient (Wildman–Crippen LogP) is 2.96. The number of methoxy groups -OCH3 is 1. The van der Waals surface area contributed by atoms with E-state index in [0.717, 1.165) is 0 Å². The van der Waals surface area contributed by atoms with Crippen molar-refractivity contribution in [1.29, 1.82) is 5.41 Å². The molecular weight excluding hydrogens is 478 g/mol. The van der Waals surface area contributed by atoms with E-state index in [0.29, 0.717) is 11.1 Å². The maximum absolute atomic E-state index is 12.8. The van der Waals surface area contributed by atoms with E-state index >= 15 is 0 Å². The van der Waals surface area contributed by atoms with E-state index in [1.807, 2.05) is 0 Å². The predicted molar refractivity (Wildman–Crippen MR) is 137 cm³/mol. The van der Waals surface area contributed by atoms with Crippen molar-refractivity contribution in [2.75, 3.05) is 26.8 Å². The lowest BCUT2D eigenvalue weighted by Crippen LogP contribution is -2.37. The first-order valence-corrected chi connectivity index (χ1v) is 11.2. The maximum Gasteiger partial charge on any atom is 0.343 e. The van der Waals surface area contributed by atoms with Gasteiger partial charge in [0.05, 0.1) is 19.3 Å². The van der Waals surface area contributed by atoms with Gasteiger partial charge in [-0.05, 0) is 55.8 Å². The second-order valence-corrected chi connectivity index (χ2v) is 7.73. The summed E-state index contributed by atoms with van der Waals surface area (Å²) in [4.78, 5) is 50.7. The number of carbonyl (C=O) groups excluding carboxylic acids is 4. The number of carbonyl (C=O) groups is 4. The highest BCUT2D eigenvalue weighted by Gasteiger charge is 2.20. The first-order chi connectivity index (χ1) is 17.6. The lowest BCUT2D eigenvalue weighted by Gasteiger charge is -2.20. The van der Waals surface area contributed by atoms with Crippen molar-refractivity contribution >= 4 is 35.7 Å². The quantitative estimate of drug-likeness (QED) is 0.118. The van der Waals surface area contributed by atoms with Crippen LogP contribution in [0.5, 0.6) is 5.75 Å². The molecule has 1 amide bonds. The number of esters is 3. The summed E-state index contributed by atoms with van der Waals surface area (Å²) in [5.41, 5.74) is 6.90. The lowest BCUT2D eigenvalue weighted by atomic mass is 10.1. The average Bonchev–Trinajstić information content (AvgIpc) is 2.88. The summed E-state index contributed by atoms with van der Waals surface area (Å²) < 4.78 is 15.0. The molecule has 0 aromatic heterocycles. The van der Waals surface area contributed by atoms with Gasteiger partial charge in [-0.1, -0.05) is 18.2 Å². The Hall–Kier alpha value is -4.73. The standard InChI is InChI=1S/C27H29N3O7/c1-5-13-30(16-23(31)36-6-2)25(32)17(3)14-18-7-9-19(10-8-18)26(33)37-22-12-11-20(24(28)29)15-21(22)27(34)35-4/h5,7-12,14-15H,1,6,13,16H2,2-4H3,(H3,28,29)/b17-14+. The van der Waals surface area contributed by atoms with Crippen molar-refractivity contribution in [3.8, 4) is 5.75 Å². The number of nitrogens with zero attached hydrogens (tertiary/aromatic N) is 1. The molecule has 0 saturated carbocycles. The first kappa shape index (κ1) is 28.5. The van der Waals surface area contributed by atoms with E-state index in [4.69, 9.17) is 25.4 Å². The number of benzene rings is 2. The molecule has 2 aromatic rings. The monoisotopic (exact) mass is 507 g/mol. The van der Waals surface area contributed by atoms with Gasteiger partial charge < -0.3 is 24.8 Å². The van der Waals surface area contributed by atoms with Crippen LogP contribution in [0.1, 0.15) is 45.7 Å². The number of hydrogen-bond acceptors (Lipinski definition) is 8. The average molecular weight is 508 g/mol. The molecule has 3 N–H and O–H groups in total. The topological polar surface area (TPSA) is 149 Å². The summed E-state index contributed by atoms with van der Waals surface area (Å²) in [7, 11) is 1.18. The van der Waals surface area contributed by atoms with Crippen molar-refractivity contribution in [2.45, 2.75) is 13.8 Å². The molecule has 0 aliphatic rings. The fourth-order valence-electron chi connectivity index (χ4n) is 3.23. The number of hydrogen-bond donors (Lipinski definition) is 2. The van der Waals surface area contributed by atoms with Crippen LogP contribution in [0.4, 0.5) is 0 Å². The fraction of sp³-hybridized carbons (Fsp3) is 0.222. The molecule has 0 unspecified atom stereocenters. The summed E-state index contributed by atoms with van der Waals surface area (Å²) >= 11 is 0. The summed E-state index contributed by atoms with van der Waals surface area (Å²) in [6, 6.07) is 10.4. The zero-order valence-corrected chi connectivity index (χ0v) is 20.9. The van der Waals surface area contributed by atoms with Gasteiger partial charge in [-0.2, -0.15) is 0 Å². The minimum atomic E-state index is -0.750. The third kappa shape index (κ3) is 7.89. The van der Waals surface area contributed by atoms with Crippen LogP contribution < -0.4 is 10.5 Å². The molecule has 2 rings (SSSR count). The Morgan fingerprint density at radius 3 is 2.27 bits per heavy atom. The highest BCUT2D eigenvalue weighted by atomic mass is 16.5. The summed E-state index contributed by atoms with van der Waals surface area (Å²) in [5, 5.41) is 7.53. The van der Waals surface area contributed by atoms with Crippen LogP contribution in [0.15, 0.2) is 60.7 Å². The van der Waals surface area contributed by atoms with Crippen molar-refractivity contribution in [2.24, 2.45) is 5.73 Å². The lowest BCUT2D eigenvalue weighted by molar-refractivity contribution is -0.147. The van der Waals surface area contributed by atoms with Gasteiger partial charge in [-0.15, -0.1) is 6.58 Å². The van der Waals surface area contributed by atoms with E-state index in [1.165, 1.54) is 48.4 Å². The minimum absolute atomic E-state index is 0.0452. The molecule has 10 heteroatoms. The molecule has 0 aliphatic carbocycles. The zero-order chi connectivity index (χ0) is 27.5. The molecule has 2 aromatic carbocycles. The van der Waals surface area contributed by atoms with Gasteiger partial charge in [-0.25, -0.2) is 9.59 Å². The van der Waals surface area contributed by atoms with E-state index < -0.39 is 17.9 Å². The molecule has 194 valence electrons. The van der Waals surface area contributed by atoms with Crippen molar-refractivity contribution < 1.29 is 33.4 Å². The number of rotatable bonds is 11. The third-order valence-electron chi connectivity index (χ3n) is 5.03. The Bertz CT molecular complexity index is 1230. The van der Waals surface area contributed by atoms with E-state index in [9.17, 15) is 19.2 Å². The number of amides is 1. The van der Waals surface area contributed by atoms with Crippen LogP contribution in [0.2, 0.25) is 0 Å². The maximum atomic E-state index is 12.8. The van der Waals surface area contributed by atoms with Gasteiger partial charge >= 0.3 is 17.9 Å². The minimum Gasteiger partial charge on any atom is -0.465 e. The van der Waals surface area contributed by atoms with Gasteiger partial charge in [0.25, 0.3) is 0 Å². The Kier molecular flexibility index (Phi) is 10.3. The molecule has 37 heavy (non-hydrogen) atoms. The summed E-state index contributed by atoms with van der Waals surface area (Å²) in [6.45, 7) is 7.11. The molecule has 10 nitrogen and oxygen atoms in total. The van der Waals surface area contributed by atoms with Crippen LogP contribution in [0.25, 0.3) is 6.08 Å². The summed E-state index contributed by atoms with van der Waals surface area (Å²) in [5.74, 6) is -2.65. The Labute approximate surface area is 214 Å². The SMILES string of the molecule is C=CCN(CC(=O)OCC)C(=O)/C(C)=C/c1ccc(C(=O)Oc2ccc(C(=N)N)cc2C(=O)OC)cc1. The van der Waals surface area contributed by atoms with Crippen molar-refractivity contribution in [3.63, 3.8) is 0 Å². The van der Waals surface area contributed by atoms with E-state index in [1.54, 1.807) is 32.1 Å². The molecule has 0 radical (unpaired) electrons. The molecule has 0 saturated heterocycles. The summed E-state index contributed by atoms with van der Waals surface area (Å²) in [6.07, 6.45) is 3.14. The normalized spacial score (nSPS) is 10.7. The second-order valence-electron chi connectivity index (χ2n) is 7.73. The third-order valence-corrected chi connectivity index (χ3v) is 5.03. The Morgan fingerprint density at radius 2 is 1.70 bits per heavy atom. The van der Waals surface area contributed by atoms with Crippen LogP contribution in [-0.4, -0.2) is 61.4 Å². The van der Waals surface area contributed by atoms with Crippen LogP contribution >= 0.6 is 0 Å². The first-order valence-electron chi connectivity index (χ1n) is 11.2. The number of nitrogens with one attached hydrogen (secondary N) is 1. The van der Waals surface area contributed by atoms with Gasteiger partial charge in [0.15, 0.2) is 0 Å². The van der Waals surface area contributed by atoms with Gasteiger partial charge in [0, 0.05) is 17.7 Å². The van der Waals surface area contributed by atoms with Gasteiger partial charge in [-0.3, -0.25) is 15.0 Å². The molecular formula is C27H29N3O7. The van der Waals surface area contributed by atoms with Crippen LogP contribution in [0, 0.1) is 5.41 Å². The van der Waals surface area contributed by atoms with E-state index in [-0.39, 0.29) is 53.9 Å².